The van der Waals surface area contributed by atoms with Crippen LogP contribution in [0.3, 0.4) is 0 Å². The molecule has 2 amide bonds. The summed E-state index contributed by atoms with van der Waals surface area (Å²) in [6.45, 7) is 0.632. The zero-order valence-corrected chi connectivity index (χ0v) is 20.0. The molecule has 0 unspecified atom stereocenters. The van der Waals surface area contributed by atoms with E-state index in [0.717, 1.165) is 27.8 Å². The van der Waals surface area contributed by atoms with E-state index in [9.17, 15) is 9.59 Å². The molecule has 0 aromatic heterocycles. The Morgan fingerprint density at radius 1 is 0.971 bits per heavy atom. The van der Waals surface area contributed by atoms with Gasteiger partial charge in [-0.25, -0.2) is 5.48 Å². The second-order valence-corrected chi connectivity index (χ2v) is 8.13. The van der Waals surface area contributed by atoms with E-state index >= 15 is 0 Å². The van der Waals surface area contributed by atoms with Crippen LogP contribution in [0.15, 0.2) is 78.4 Å². The number of hydrogen-bond donors (Lipinski definition) is 3. The minimum atomic E-state index is -0.412. The van der Waals surface area contributed by atoms with E-state index < -0.39 is 5.91 Å². The highest BCUT2D eigenvalue weighted by Gasteiger charge is 2.11. The van der Waals surface area contributed by atoms with Crippen molar-refractivity contribution in [2.24, 2.45) is 0 Å². The molecule has 3 rings (SSSR count). The largest absolute Gasteiger partial charge is 0.497 e. The van der Waals surface area contributed by atoms with Crippen LogP contribution in [0.4, 0.5) is 0 Å². The third kappa shape index (κ3) is 8.15. The monoisotopic (exact) mass is 476 g/mol. The van der Waals surface area contributed by atoms with Gasteiger partial charge in [0.05, 0.1) is 12.7 Å². The van der Waals surface area contributed by atoms with Gasteiger partial charge in [0.15, 0.2) is 0 Å². The van der Waals surface area contributed by atoms with Gasteiger partial charge in [0.1, 0.15) is 18.1 Å². The molecule has 3 aromatic rings. The van der Waals surface area contributed by atoms with E-state index in [1.165, 1.54) is 0 Å². The van der Waals surface area contributed by atoms with Crippen molar-refractivity contribution < 1.29 is 24.3 Å². The SMILES string of the molecule is COc1ccc(CCNC(=O)/C(=C/CCCCC(=O)NO)COc2cccc3ccccc23)cc1. The molecule has 0 atom stereocenters. The molecule has 0 spiro atoms. The average Bonchev–Trinajstić information content (AvgIpc) is 2.90. The third-order valence-electron chi connectivity index (χ3n) is 5.66. The highest BCUT2D eigenvalue weighted by Crippen LogP contribution is 2.25. The summed E-state index contributed by atoms with van der Waals surface area (Å²) in [7, 11) is 1.63. The molecular weight excluding hydrogens is 444 g/mol. The summed E-state index contributed by atoms with van der Waals surface area (Å²) >= 11 is 0. The highest BCUT2D eigenvalue weighted by atomic mass is 16.5. The lowest BCUT2D eigenvalue weighted by atomic mass is 10.1. The quantitative estimate of drug-likeness (QED) is 0.145. The number of allylic oxidation sites excluding steroid dienone is 1. The molecule has 0 bridgehead atoms. The predicted molar refractivity (Wildman–Crippen MR) is 136 cm³/mol. The topological polar surface area (TPSA) is 96.9 Å². The first-order chi connectivity index (χ1) is 17.1. The Balaban J connectivity index is 1.61. The van der Waals surface area contributed by atoms with E-state index in [4.69, 9.17) is 14.7 Å². The van der Waals surface area contributed by atoms with Crippen molar-refractivity contribution in [3.8, 4) is 11.5 Å². The number of hydroxylamine groups is 1. The van der Waals surface area contributed by atoms with Crippen molar-refractivity contribution in [2.45, 2.75) is 32.1 Å². The predicted octanol–water partition coefficient (Wildman–Crippen LogP) is 4.58. The minimum absolute atomic E-state index is 0.138. The van der Waals surface area contributed by atoms with Gasteiger partial charge in [-0.2, -0.15) is 0 Å². The first kappa shape index (κ1) is 25.8. The molecule has 0 radical (unpaired) electrons. The third-order valence-corrected chi connectivity index (χ3v) is 5.66. The van der Waals surface area contributed by atoms with Crippen molar-refractivity contribution in [1.29, 1.82) is 0 Å². The van der Waals surface area contributed by atoms with Gasteiger partial charge >= 0.3 is 0 Å². The van der Waals surface area contributed by atoms with Crippen LogP contribution < -0.4 is 20.3 Å². The van der Waals surface area contributed by atoms with Crippen molar-refractivity contribution in [1.82, 2.24) is 10.8 Å². The molecule has 184 valence electrons. The van der Waals surface area contributed by atoms with Gasteiger partial charge in [-0.05, 0) is 54.8 Å². The first-order valence-corrected chi connectivity index (χ1v) is 11.7. The Bertz CT molecular complexity index is 1140. The summed E-state index contributed by atoms with van der Waals surface area (Å²) in [5.74, 6) is 0.932. The highest BCUT2D eigenvalue weighted by molar-refractivity contribution is 5.94. The number of carbonyl (C=O) groups excluding carboxylic acids is 2. The Hall–Kier alpha value is -3.84. The normalized spacial score (nSPS) is 11.2. The lowest BCUT2D eigenvalue weighted by Crippen LogP contribution is -2.29. The number of unbranched alkanes of at least 4 members (excludes halogenated alkanes) is 2. The zero-order chi connectivity index (χ0) is 24.9. The molecule has 0 saturated heterocycles. The number of carbonyl (C=O) groups is 2. The lowest BCUT2D eigenvalue weighted by Gasteiger charge is -2.13. The Morgan fingerprint density at radius 3 is 2.51 bits per heavy atom. The molecule has 0 saturated carbocycles. The number of hydrogen-bond acceptors (Lipinski definition) is 5. The van der Waals surface area contributed by atoms with Gasteiger partial charge in [-0.15, -0.1) is 0 Å². The second kappa shape index (κ2) is 13.8. The fourth-order valence-electron chi connectivity index (χ4n) is 3.68. The van der Waals surface area contributed by atoms with Gasteiger partial charge in [0.2, 0.25) is 11.8 Å². The summed E-state index contributed by atoms with van der Waals surface area (Å²) < 4.78 is 11.2. The van der Waals surface area contributed by atoms with Crippen LogP contribution in [0.1, 0.15) is 31.2 Å². The number of nitrogens with one attached hydrogen (secondary N) is 2. The van der Waals surface area contributed by atoms with Crippen molar-refractivity contribution in [3.63, 3.8) is 0 Å². The van der Waals surface area contributed by atoms with E-state index in [1.807, 2.05) is 72.8 Å². The number of benzene rings is 3. The van der Waals surface area contributed by atoms with Crippen LogP contribution >= 0.6 is 0 Å². The van der Waals surface area contributed by atoms with E-state index in [1.54, 1.807) is 12.6 Å². The Labute approximate surface area is 205 Å². The molecule has 7 nitrogen and oxygen atoms in total. The summed E-state index contributed by atoms with van der Waals surface area (Å²) in [6, 6.07) is 21.6. The van der Waals surface area contributed by atoms with Gasteiger partial charge in [0, 0.05) is 18.4 Å². The van der Waals surface area contributed by atoms with E-state index in [2.05, 4.69) is 5.32 Å². The molecule has 0 aliphatic heterocycles. The van der Waals surface area contributed by atoms with Crippen molar-refractivity contribution in [2.75, 3.05) is 20.3 Å². The fourth-order valence-corrected chi connectivity index (χ4v) is 3.68. The minimum Gasteiger partial charge on any atom is -0.497 e. The van der Waals surface area contributed by atoms with Gasteiger partial charge in [0.25, 0.3) is 0 Å². The van der Waals surface area contributed by atoms with Crippen LogP contribution in [0.25, 0.3) is 10.8 Å². The maximum absolute atomic E-state index is 13.0. The second-order valence-electron chi connectivity index (χ2n) is 8.13. The maximum Gasteiger partial charge on any atom is 0.250 e. The molecular formula is C28H32N2O5. The van der Waals surface area contributed by atoms with Crippen LogP contribution in [0.5, 0.6) is 11.5 Å². The Morgan fingerprint density at radius 2 is 1.74 bits per heavy atom. The van der Waals surface area contributed by atoms with Crippen LogP contribution in [-0.4, -0.2) is 37.3 Å². The standard InChI is InChI=1S/C28H32N2O5/c1-34-24-16-14-21(15-17-24)18-19-29-28(32)23(9-3-2-4-13-27(31)30-33)20-35-26-12-7-10-22-8-5-6-11-25(22)26/h5-12,14-17,33H,2-4,13,18-20H2,1H3,(H,29,32)(H,30,31)/b23-9+. The van der Waals surface area contributed by atoms with Crippen LogP contribution in [-0.2, 0) is 16.0 Å². The first-order valence-electron chi connectivity index (χ1n) is 11.7. The van der Waals surface area contributed by atoms with Gasteiger partial charge < -0.3 is 14.8 Å². The van der Waals surface area contributed by atoms with Crippen LogP contribution in [0.2, 0.25) is 0 Å². The number of ether oxygens (including phenoxy) is 2. The molecule has 35 heavy (non-hydrogen) atoms. The molecule has 0 heterocycles. The zero-order valence-electron chi connectivity index (χ0n) is 20.0. The molecule has 0 aliphatic rings. The lowest BCUT2D eigenvalue weighted by molar-refractivity contribution is -0.129. The summed E-state index contributed by atoms with van der Waals surface area (Å²) in [5, 5.41) is 13.7. The maximum atomic E-state index is 13.0. The van der Waals surface area contributed by atoms with Crippen LogP contribution in [0, 0.1) is 0 Å². The fraction of sp³-hybridized carbons (Fsp3) is 0.286. The summed E-state index contributed by atoms with van der Waals surface area (Å²) in [4.78, 5) is 24.1. The van der Waals surface area contributed by atoms with Crippen molar-refractivity contribution >= 4 is 22.6 Å². The number of methoxy groups -OCH3 is 1. The van der Waals surface area contributed by atoms with E-state index in [0.29, 0.717) is 37.8 Å². The van der Waals surface area contributed by atoms with Gasteiger partial charge in [-0.3, -0.25) is 14.8 Å². The van der Waals surface area contributed by atoms with Crippen molar-refractivity contribution in [3.05, 3.63) is 83.9 Å². The molecule has 7 heteroatoms. The molecule has 0 aliphatic carbocycles. The van der Waals surface area contributed by atoms with Gasteiger partial charge in [-0.1, -0.05) is 54.6 Å². The number of amides is 2. The molecule has 3 aromatic carbocycles. The van der Waals surface area contributed by atoms with E-state index in [-0.39, 0.29) is 18.9 Å². The summed E-state index contributed by atoms with van der Waals surface area (Å²) in [5.41, 5.74) is 3.28. The number of fused-ring (bicyclic) bond motifs is 1. The smallest absolute Gasteiger partial charge is 0.250 e. The Kier molecular flexibility index (Phi) is 10.1. The average molecular weight is 477 g/mol. The number of rotatable bonds is 13. The summed E-state index contributed by atoms with van der Waals surface area (Å²) in [6.07, 6.45) is 4.75. The molecule has 0 fully saturated rings. The molecule has 3 N–H and O–H groups in total.